The Hall–Kier alpha value is -1.71. The van der Waals surface area contributed by atoms with Crippen LogP contribution in [0.5, 0.6) is 0 Å². The summed E-state index contributed by atoms with van der Waals surface area (Å²) in [5.74, 6) is 0.815. The van der Waals surface area contributed by atoms with E-state index in [1.54, 1.807) is 0 Å². The van der Waals surface area contributed by atoms with E-state index >= 15 is 0 Å². The average molecular weight is 259 g/mol. The molecule has 0 bridgehead atoms. The molecule has 1 aliphatic carbocycles. The quantitative estimate of drug-likeness (QED) is 0.731. The van der Waals surface area contributed by atoms with E-state index in [2.05, 4.69) is 30.5 Å². The standard InChI is InChI=1S/C15H21N3O/c1-15(2)7-10(15)8-17-13-5-9-3-4-14(19)18-12(9)6-11(13)16/h5-6,10,17H,3-4,7-8,16H2,1-2H3,(H,18,19). The van der Waals surface area contributed by atoms with Crippen molar-refractivity contribution in [1.82, 2.24) is 0 Å². The fraction of sp³-hybridized carbons (Fsp3) is 0.533. The smallest absolute Gasteiger partial charge is 0.224 e. The second-order valence-electron chi connectivity index (χ2n) is 6.42. The number of hydrogen-bond acceptors (Lipinski definition) is 3. The van der Waals surface area contributed by atoms with E-state index in [4.69, 9.17) is 5.73 Å². The lowest BCUT2D eigenvalue weighted by Gasteiger charge is -2.20. The first-order chi connectivity index (χ1) is 8.95. The molecule has 1 atom stereocenters. The Kier molecular flexibility index (Phi) is 2.69. The summed E-state index contributed by atoms with van der Waals surface area (Å²) in [7, 11) is 0. The van der Waals surface area contributed by atoms with Gasteiger partial charge in [-0.3, -0.25) is 4.79 Å². The minimum absolute atomic E-state index is 0.0762. The maximum absolute atomic E-state index is 11.3. The maximum atomic E-state index is 11.3. The Balaban J connectivity index is 1.73. The molecule has 19 heavy (non-hydrogen) atoms. The van der Waals surface area contributed by atoms with Crippen molar-refractivity contribution in [3.8, 4) is 0 Å². The van der Waals surface area contributed by atoms with Crippen LogP contribution in [0.2, 0.25) is 0 Å². The van der Waals surface area contributed by atoms with E-state index in [1.165, 1.54) is 12.0 Å². The molecule has 4 nitrogen and oxygen atoms in total. The molecule has 0 radical (unpaired) electrons. The predicted molar refractivity (Wildman–Crippen MR) is 78.2 cm³/mol. The van der Waals surface area contributed by atoms with Crippen molar-refractivity contribution in [2.24, 2.45) is 11.3 Å². The maximum Gasteiger partial charge on any atom is 0.224 e. The largest absolute Gasteiger partial charge is 0.397 e. The van der Waals surface area contributed by atoms with Gasteiger partial charge < -0.3 is 16.4 Å². The first-order valence-electron chi connectivity index (χ1n) is 6.92. The fourth-order valence-corrected chi connectivity index (χ4v) is 2.76. The summed E-state index contributed by atoms with van der Waals surface area (Å²) < 4.78 is 0. The van der Waals surface area contributed by atoms with Gasteiger partial charge in [-0.25, -0.2) is 0 Å². The van der Waals surface area contributed by atoms with Crippen molar-refractivity contribution < 1.29 is 4.79 Å². The number of aryl methyl sites for hydroxylation is 1. The van der Waals surface area contributed by atoms with E-state index < -0.39 is 0 Å². The number of nitrogen functional groups attached to an aromatic ring is 1. The van der Waals surface area contributed by atoms with Crippen molar-refractivity contribution in [2.75, 3.05) is 22.9 Å². The second kappa shape index (κ2) is 4.15. The molecule has 3 rings (SSSR count). The molecule has 2 aliphatic rings. The highest BCUT2D eigenvalue weighted by Crippen LogP contribution is 2.51. The zero-order chi connectivity index (χ0) is 13.6. The number of amides is 1. The summed E-state index contributed by atoms with van der Waals surface area (Å²) in [4.78, 5) is 11.3. The molecule has 1 amide bonds. The third-order valence-corrected chi connectivity index (χ3v) is 4.43. The summed E-state index contributed by atoms with van der Waals surface area (Å²) >= 11 is 0. The Morgan fingerprint density at radius 1 is 1.42 bits per heavy atom. The van der Waals surface area contributed by atoms with Crippen molar-refractivity contribution in [2.45, 2.75) is 33.1 Å². The van der Waals surface area contributed by atoms with Crippen LogP contribution in [0.3, 0.4) is 0 Å². The number of rotatable bonds is 3. The fourth-order valence-electron chi connectivity index (χ4n) is 2.76. The third-order valence-electron chi connectivity index (χ3n) is 4.43. The topological polar surface area (TPSA) is 67.2 Å². The Morgan fingerprint density at radius 3 is 2.84 bits per heavy atom. The van der Waals surface area contributed by atoms with Gasteiger partial charge in [0.05, 0.1) is 11.4 Å². The molecular formula is C15H21N3O. The highest BCUT2D eigenvalue weighted by molar-refractivity contribution is 5.95. The van der Waals surface area contributed by atoms with Crippen molar-refractivity contribution in [3.63, 3.8) is 0 Å². The number of nitrogens with two attached hydrogens (primary N) is 1. The van der Waals surface area contributed by atoms with E-state index in [9.17, 15) is 4.79 Å². The van der Waals surface area contributed by atoms with Crippen LogP contribution in [0, 0.1) is 11.3 Å². The first-order valence-corrected chi connectivity index (χ1v) is 6.92. The van der Waals surface area contributed by atoms with Crippen molar-refractivity contribution in [3.05, 3.63) is 17.7 Å². The Morgan fingerprint density at radius 2 is 2.16 bits per heavy atom. The molecule has 0 spiro atoms. The van der Waals surface area contributed by atoms with Crippen molar-refractivity contribution in [1.29, 1.82) is 0 Å². The van der Waals surface area contributed by atoms with Crippen molar-refractivity contribution >= 4 is 23.0 Å². The molecule has 1 aliphatic heterocycles. The van der Waals surface area contributed by atoms with Gasteiger partial charge in [-0.15, -0.1) is 0 Å². The Bertz CT molecular complexity index is 536. The van der Waals surface area contributed by atoms with E-state index in [-0.39, 0.29) is 5.91 Å². The van der Waals surface area contributed by atoms with Crippen LogP contribution < -0.4 is 16.4 Å². The second-order valence-corrected chi connectivity index (χ2v) is 6.42. The van der Waals surface area contributed by atoms with Crippen LogP contribution in [0.1, 0.15) is 32.3 Å². The molecule has 4 N–H and O–H groups in total. The molecule has 1 fully saturated rings. The minimum atomic E-state index is 0.0762. The van der Waals surface area contributed by atoms with Gasteiger partial charge in [-0.05, 0) is 41.9 Å². The highest BCUT2D eigenvalue weighted by atomic mass is 16.1. The molecule has 0 saturated heterocycles. The molecular weight excluding hydrogens is 238 g/mol. The normalized spacial score (nSPS) is 23.5. The minimum Gasteiger partial charge on any atom is -0.397 e. The van der Waals surface area contributed by atoms with Gasteiger partial charge in [-0.2, -0.15) is 0 Å². The number of hydrogen-bond donors (Lipinski definition) is 3. The van der Waals surface area contributed by atoms with Gasteiger partial charge >= 0.3 is 0 Å². The zero-order valence-electron chi connectivity index (χ0n) is 11.5. The zero-order valence-corrected chi connectivity index (χ0v) is 11.5. The lowest BCUT2D eigenvalue weighted by molar-refractivity contribution is -0.116. The van der Waals surface area contributed by atoms with Crippen LogP contribution in [0.4, 0.5) is 17.1 Å². The molecule has 1 saturated carbocycles. The number of anilines is 3. The summed E-state index contributed by atoms with van der Waals surface area (Å²) in [6.45, 7) is 5.57. The summed E-state index contributed by atoms with van der Waals surface area (Å²) in [6, 6.07) is 3.95. The van der Waals surface area contributed by atoms with Gasteiger partial charge in [0.1, 0.15) is 0 Å². The number of fused-ring (bicyclic) bond motifs is 1. The van der Waals surface area contributed by atoms with E-state index in [1.807, 2.05) is 6.07 Å². The van der Waals surface area contributed by atoms with E-state index in [0.29, 0.717) is 17.5 Å². The molecule has 102 valence electrons. The molecule has 0 aromatic heterocycles. The molecule has 1 aromatic rings. The molecule has 1 heterocycles. The van der Waals surface area contributed by atoms with Gasteiger partial charge in [0.2, 0.25) is 5.91 Å². The third kappa shape index (κ3) is 2.39. The first kappa shape index (κ1) is 12.3. The Labute approximate surface area is 113 Å². The molecule has 4 heteroatoms. The van der Waals surface area contributed by atoms with Crippen LogP contribution in [0.15, 0.2) is 12.1 Å². The molecule has 1 aromatic carbocycles. The summed E-state index contributed by atoms with van der Waals surface area (Å²) in [5, 5.41) is 6.33. The molecule has 1 unspecified atom stereocenters. The number of nitrogens with one attached hydrogen (secondary N) is 2. The SMILES string of the molecule is CC1(C)CC1CNc1cc2c(cc1N)NC(=O)CC2. The number of carbonyl (C=O) groups is 1. The van der Waals surface area contributed by atoms with Crippen LogP contribution in [-0.4, -0.2) is 12.5 Å². The van der Waals surface area contributed by atoms with Gasteiger partial charge in [0.25, 0.3) is 0 Å². The number of benzene rings is 1. The van der Waals surface area contributed by atoms with Gasteiger partial charge in [-0.1, -0.05) is 13.8 Å². The van der Waals surface area contributed by atoms with E-state index in [0.717, 1.165) is 30.3 Å². The lowest BCUT2D eigenvalue weighted by Crippen LogP contribution is -2.19. The predicted octanol–water partition coefficient (Wildman–Crippen LogP) is 2.61. The summed E-state index contributed by atoms with van der Waals surface area (Å²) in [5.41, 5.74) is 10.3. The summed E-state index contributed by atoms with van der Waals surface area (Å²) in [6.07, 6.45) is 2.64. The monoisotopic (exact) mass is 259 g/mol. The van der Waals surface area contributed by atoms with Crippen LogP contribution >= 0.6 is 0 Å². The number of carbonyl (C=O) groups excluding carboxylic acids is 1. The van der Waals surface area contributed by atoms with Crippen LogP contribution in [0.25, 0.3) is 0 Å². The van der Waals surface area contributed by atoms with Gasteiger partial charge in [0, 0.05) is 18.7 Å². The van der Waals surface area contributed by atoms with Crippen LogP contribution in [-0.2, 0) is 11.2 Å². The van der Waals surface area contributed by atoms with Gasteiger partial charge in [0.15, 0.2) is 0 Å². The lowest BCUT2D eigenvalue weighted by atomic mass is 10.0. The highest BCUT2D eigenvalue weighted by Gasteiger charge is 2.44. The average Bonchev–Trinajstić information content (AvgIpc) is 2.94.